The van der Waals surface area contributed by atoms with Crippen molar-refractivity contribution < 1.29 is 5.11 Å². The van der Waals surface area contributed by atoms with E-state index in [0.29, 0.717) is 0 Å². The van der Waals surface area contributed by atoms with Crippen molar-refractivity contribution in [2.45, 2.75) is 51.2 Å². The topological polar surface area (TPSA) is 20.2 Å². The normalized spacial score (nSPS) is 20.2. The molecule has 0 aromatic heterocycles. The average molecular weight is 415 g/mol. The summed E-state index contributed by atoms with van der Waals surface area (Å²) >= 11 is 0. The van der Waals surface area contributed by atoms with Gasteiger partial charge in [-0.1, -0.05) is 124 Å². The van der Waals surface area contributed by atoms with Crippen LogP contribution in [-0.2, 0) is 0 Å². The fourth-order valence-electron chi connectivity index (χ4n) is 5.58. The predicted molar refractivity (Wildman–Crippen MR) is 130 cm³/mol. The van der Waals surface area contributed by atoms with E-state index in [9.17, 15) is 5.11 Å². The van der Waals surface area contributed by atoms with Crippen molar-refractivity contribution in [3.8, 4) is 0 Å². The number of rotatable bonds is 8. The molecule has 1 saturated carbocycles. The summed E-state index contributed by atoms with van der Waals surface area (Å²) in [5.74, 6) is 1.74. The van der Waals surface area contributed by atoms with Crippen LogP contribution in [-0.4, -0.2) is 18.9 Å². The lowest BCUT2D eigenvalue weighted by atomic mass is 9.99. The van der Waals surface area contributed by atoms with Gasteiger partial charge < -0.3 is 5.11 Å². The minimum Gasteiger partial charge on any atom is -0.395 e. The zero-order chi connectivity index (χ0) is 20.8. The second-order valence-corrected chi connectivity index (χ2v) is 13.2. The molecule has 0 aliphatic heterocycles. The zero-order valence-corrected chi connectivity index (χ0v) is 19.1. The molecule has 3 atom stereocenters. The Morgan fingerprint density at radius 3 is 1.63 bits per heavy atom. The lowest BCUT2D eigenvalue weighted by Gasteiger charge is -2.38. The van der Waals surface area contributed by atoms with Crippen molar-refractivity contribution in [3.63, 3.8) is 0 Å². The molecule has 1 N–H and O–H groups in total. The van der Waals surface area contributed by atoms with Crippen LogP contribution in [0.3, 0.4) is 0 Å². The van der Waals surface area contributed by atoms with Crippen molar-refractivity contribution in [1.82, 2.24) is 0 Å². The molecule has 2 heteroatoms. The molecule has 0 spiro atoms. The maximum atomic E-state index is 11.9. The van der Waals surface area contributed by atoms with Gasteiger partial charge in [-0.05, 0) is 40.2 Å². The molecular weight excluding hydrogens is 380 g/mol. The van der Waals surface area contributed by atoms with Gasteiger partial charge in [0.25, 0.3) is 0 Å². The molecule has 0 saturated heterocycles. The van der Waals surface area contributed by atoms with Gasteiger partial charge in [0.05, 0.1) is 5.73 Å². The molecule has 156 valence electrons. The SMILES string of the molecule is CC1CCC(CCCC(O)[Si](c2ccccc2)(c2ccccc2)c2ccccc2)C1. The summed E-state index contributed by atoms with van der Waals surface area (Å²) in [6.45, 7) is 2.38. The molecule has 4 rings (SSSR count). The highest BCUT2D eigenvalue weighted by Gasteiger charge is 2.45. The van der Waals surface area contributed by atoms with E-state index < -0.39 is 8.07 Å². The molecule has 0 radical (unpaired) electrons. The Bertz CT molecular complexity index is 797. The lowest BCUT2D eigenvalue weighted by molar-refractivity contribution is 0.228. The van der Waals surface area contributed by atoms with E-state index in [4.69, 9.17) is 0 Å². The molecule has 1 fully saturated rings. The van der Waals surface area contributed by atoms with Crippen LogP contribution < -0.4 is 15.6 Å². The summed E-state index contributed by atoms with van der Waals surface area (Å²) in [5.41, 5.74) is -0.344. The molecule has 3 unspecified atom stereocenters. The largest absolute Gasteiger partial charge is 0.395 e. The van der Waals surface area contributed by atoms with E-state index in [1.807, 2.05) is 0 Å². The number of benzene rings is 3. The van der Waals surface area contributed by atoms with Gasteiger partial charge in [0.1, 0.15) is 0 Å². The van der Waals surface area contributed by atoms with Crippen LogP contribution in [0.2, 0.25) is 0 Å². The van der Waals surface area contributed by atoms with Gasteiger partial charge in [-0.15, -0.1) is 0 Å². The van der Waals surface area contributed by atoms with E-state index in [1.165, 1.54) is 41.2 Å². The van der Waals surface area contributed by atoms with Crippen molar-refractivity contribution >= 4 is 23.6 Å². The number of hydrogen-bond donors (Lipinski definition) is 1. The van der Waals surface area contributed by atoms with E-state index in [0.717, 1.165) is 24.7 Å². The van der Waals surface area contributed by atoms with Crippen molar-refractivity contribution in [2.24, 2.45) is 11.8 Å². The minimum atomic E-state index is -2.56. The quantitative estimate of drug-likeness (QED) is 0.420. The van der Waals surface area contributed by atoms with Gasteiger partial charge in [-0.2, -0.15) is 0 Å². The van der Waals surface area contributed by atoms with Crippen LogP contribution in [0.1, 0.15) is 45.4 Å². The monoisotopic (exact) mass is 414 g/mol. The maximum Gasteiger partial charge on any atom is 0.178 e. The minimum absolute atomic E-state index is 0.344. The first-order valence-electron chi connectivity index (χ1n) is 11.6. The van der Waals surface area contributed by atoms with Gasteiger partial charge in [0, 0.05) is 0 Å². The average Bonchev–Trinajstić information content (AvgIpc) is 3.21. The van der Waals surface area contributed by atoms with Crippen molar-refractivity contribution in [2.75, 3.05) is 0 Å². The zero-order valence-electron chi connectivity index (χ0n) is 18.1. The second kappa shape index (κ2) is 9.76. The summed E-state index contributed by atoms with van der Waals surface area (Å²) < 4.78 is 0. The molecule has 0 bridgehead atoms. The Morgan fingerprint density at radius 2 is 1.23 bits per heavy atom. The van der Waals surface area contributed by atoms with Gasteiger partial charge in [0.15, 0.2) is 8.07 Å². The predicted octanol–water partition coefficient (Wildman–Crippen LogP) is 4.66. The van der Waals surface area contributed by atoms with Gasteiger partial charge in [0.2, 0.25) is 0 Å². The number of hydrogen-bond acceptors (Lipinski definition) is 1. The van der Waals surface area contributed by atoms with Crippen LogP contribution in [0.5, 0.6) is 0 Å². The van der Waals surface area contributed by atoms with Gasteiger partial charge in [-0.25, -0.2) is 0 Å². The van der Waals surface area contributed by atoms with Crippen LogP contribution in [0.25, 0.3) is 0 Å². The molecule has 0 heterocycles. The van der Waals surface area contributed by atoms with Crippen molar-refractivity contribution in [1.29, 1.82) is 0 Å². The van der Waals surface area contributed by atoms with E-state index in [2.05, 4.69) is 97.9 Å². The fourth-order valence-corrected chi connectivity index (χ4v) is 10.5. The molecule has 30 heavy (non-hydrogen) atoms. The first-order chi connectivity index (χ1) is 14.7. The molecule has 1 nitrogen and oxygen atoms in total. The molecular formula is C28H34OSi. The van der Waals surface area contributed by atoms with Crippen LogP contribution in [0, 0.1) is 11.8 Å². The number of aliphatic hydroxyl groups is 1. The Kier molecular flexibility index (Phi) is 6.86. The molecule has 3 aromatic carbocycles. The van der Waals surface area contributed by atoms with E-state index >= 15 is 0 Å². The van der Waals surface area contributed by atoms with E-state index in [-0.39, 0.29) is 5.73 Å². The van der Waals surface area contributed by atoms with Crippen LogP contribution >= 0.6 is 0 Å². The summed E-state index contributed by atoms with van der Waals surface area (Å²) in [4.78, 5) is 0. The van der Waals surface area contributed by atoms with Gasteiger partial charge >= 0.3 is 0 Å². The highest BCUT2D eigenvalue weighted by Crippen LogP contribution is 2.34. The van der Waals surface area contributed by atoms with E-state index in [1.54, 1.807) is 0 Å². The second-order valence-electron chi connectivity index (χ2n) is 9.14. The Labute approximate surface area is 182 Å². The van der Waals surface area contributed by atoms with Crippen molar-refractivity contribution in [3.05, 3.63) is 91.0 Å². The molecule has 1 aliphatic carbocycles. The lowest BCUT2D eigenvalue weighted by Crippen LogP contribution is -2.74. The first-order valence-corrected chi connectivity index (χ1v) is 13.6. The van der Waals surface area contributed by atoms with Gasteiger partial charge in [-0.3, -0.25) is 0 Å². The third-order valence-electron chi connectivity index (χ3n) is 7.08. The van der Waals surface area contributed by atoms with Crippen LogP contribution in [0.4, 0.5) is 0 Å². The Morgan fingerprint density at radius 1 is 0.767 bits per heavy atom. The standard InChI is InChI=1S/C28H34OSi/c1-23-20-21-24(22-23)12-11-19-28(29)30(25-13-5-2-6-14-25,26-15-7-3-8-16-26)27-17-9-4-10-18-27/h2-10,13-18,23-24,28-29H,11-12,19-22H2,1H3. The summed E-state index contributed by atoms with van der Waals surface area (Å²) in [7, 11) is -2.56. The third-order valence-corrected chi connectivity index (χ3v) is 12.1. The maximum absolute atomic E-state index is 11.9. The van der Waals surface area contributed by atoms with Crippen LogP contribution in [0.15, 0.2) is 91.0 Å². The molecule has 1 aliphatic rings. The first kappa shape index (κ1) is 21.1. The number of aliphatic hydroxyl groups excluding tert-OH is 1. The third kappa shape index (κ3) is 4.31. The summed E-state index contributed by atoms with van der Waals surface area (Å²) in [6.07, 6.45) is 7.36. The fraction of sp³-hybridized carbons (Fsp3) is 0.357. The molecule has 3 aromatic rings. The smallest absolute Gasteiger partial charge is 0.178 e. The molecule has 0 amide bonds. The summed E-state index contributed by atoms with van der Waals surface area (Å²) in [5, 5.41) is 15.8. The highest BCUT2D eigenvalue weighted by molar-refractivity contribution is 7.12. The summed E-state index contributed by atoms with van der Waals surface area (Å²) in [6, 6.07) is 32.3. The Hall–Kier alpha value is -2.16. The Balaban J connectivity index is 1.71. The highest BCUT2D eigenvalue weighted by atomic mass is 28.3.